The van der Waals surface area contributed by atoms with Crippen LogP contribution in [0.15, 0.2) is 12.1 Å². The average Bonchev–Trinajstić information content (AvgIpc) is 2.64. The van der Waals surface area contributed by atoms with Crippen LogP contribution in [0.25, 0.3) is 0 Å². The molecule has 1 aliphatic rings. The molecule has 0 aromatic heterocycles. The number of aryl methyl sites for hydroxylation is 1. The Hall–Kier alpha value is -0.980. The minimum atomic E-state index is 0.989. The molecule has 0 heterocycles. The van der Waals surface area contributed by atoms with Gasteiger partial charge in [0.05, 0.1) is 0 Å². The van der Waals surface area contributed by atoms with Crippen LogP contribution in [0.5, 0.6) is 0 Å². The number of nitrogen functional groups attached to an aromatic ring is 1. The number of benzene rings is 1. The molecule has 0 saturated heterocycles. The van der Waals surface area contributed by atoms with Crippen LogP contribution in [-0.4, -0.2) is 0 Å². The summed E-state index contributed by atoms with van der Waals surface area (Å²) in [6.07, 6.45) is 3.69. The van der Waals surface area contributed by atoms with Crippen LogP contribution in [0.4, 0.5) is 5.69 Å². The lowest BCUT2D eigenvalue weighted by Crippen LogP contribution is -1.94. The first-order chi connectivity index (χ1) is 6.29. The highest BCUT2D eigenvalue weighted by Crippen LogP contribution is 2.29. The van der Waals surface area contributed by atoms with Crippen LogP contribution >= 0.6 is 0 Å². The van der Waals surface area contributed by atoms with E-state index in [4.69, 9.17) is 5.73 Å². The van der Waals surface area contributed by atoms with Crippen LogP contribution in [0.3, 0.4) is 0 Å². The SMILES string of the molecule is CC.Cc1ccc(N)c2c1CCC2. The van der Waals surface area contributed by atoms with E-state index in [1.54, 1.807) is 0 Å². The normalized spacial score (nSPS) is 13.2. The van der Waals surface area contributed by atoms with Crippen LogP contribution in [0, 0.1) is 6.92 Å². The third-order valence-corrected chi connectivity index (χ3v) is 2.56. The van der Waals surface area contributed by atoms with Gasteiger partial charge in [0.25, 0.3) is 0 Å². The molecule has 2 N–H and O–H groups in total. The average molecular weight is 177 g/mol. The molecule has 0 aliphatic heterocycles. The summed E-state index contributed by atoms with van der Waals surface area (Å²) >= 11 is 0. The lowest BCUT2D eigenvalue weighted by molar-refractivity contribution is 0.910. The van der Waals surface area contributed by atoms with Crippen molar-refractivity contribution in [1.82, 2.24) is 0 Å². The number of fused-ring (bicyclic) bond motifs is 1. The fraction of sp³-hybridized carbons (Fsp3) is 0.500. The predicted molar refractivity (Wildman–Crippen MR) is 59.0 cm³/mol. The minimum absolute atomic E-state index is 0.989. The summed E-state index contributed by atoms with van der Waals surface area (Å²) in [5.41, 5.74) is 11.2. The highest BCUT2D eigenvalue weighted by molar-refractivity contribution is 5.55. The Bertz CT molecular complexity index is 260. The molecule has 72 valence electrons. The molecule has 0 spiro atoms. The van der Waals surface area contributed by atoms with E-state index in [0.717, 1.165) is 5.69 Å². The van der Waals surface area contributed by atoms with Crippen LogP contribution in [-0.2, 0) is 12.8 Å². The van der Waals surface area contributed by atoms with E-state index in [2.05, 4.69) is 13.0 Å². The monoisotopic (exact) mass is 177 g/mol. The molecule has 1 aromatic rings. The maximum Gasteiger partial charge on any atom is 0.0349 e. The van der Waals surface area contributed by atoms with Gasteiger partial charge in [-0.1, -0.05) is 19.9 Å². The maximum absolute atomic E-state index is 5.84. The van der Waals surface area contributed by atoms with Crippen molar-refractivity contribution in [3.63, 3.8) is 0 Å². The van der Waals surface area contributed by atoms with Crippen molar-refractivity contribution < 1.29 is 0 Å². The number of rotatable bonds is 0. The molecule has 2 rings (SSSR count). The smallest absolute Gasteiger partial charge is 0.0349 e. The topological polar surface area (TPSA) is 26.0 Å². The maximum atomic E-state index is 5.84. The Morgan fingerprint density at radius 2 is 1.69 bits per heavy atom. The summed E-state index contributed by atoms with van der Waals surface area (Å²) in [4.78, 5) is 0. The van der Waals surface area contributed by atoms with Crippen molar-refractivity contribution in [2.45, 2.75) is 40.0 Å². The van der Waals surface area contributed by atoms with Crippen molar-refractivity contribution in [2.75, 3.05) is 5.73 Å². The molecule has 0 amide bonds. The van der Waals surface area contributed by atoms with E-state index < -0.39 is 0 Å². The first kappa shape index (κ1) is 10.1. The van der Waals surface area contributed by atoms with Gasteiger partial charge in [0.2, 0.25) is 0 Å². The zero-order valence-electron chi connectivity index (χ0n) is 8.85. The second-order valence-electron chi connectivity index (χ2n) is 3.28. The predicted octanol–water partition coefficient (Wildman–Crippen LogP) is 3.09. The highest BCUT2D eigenvalue weighted by Gasteiger charge is 2.14. The standard InChI is InChI=1S/C10H13N.C2H6/c1-7-5-6-10(11)9-4-2-3-8(7)9;1-2/h5-6H,2-4,11H2,1H3;1-2H3. The Balaban J connectivity index is 0.000000396. The third kappa shape index (κ3) is 1.85. The number of anilines is 1. The van der Waals surface area contributed by atoms with Gasteiger partial charge in [-0.2, -0.15) is 0 Å². The van der Waals surface area contributed by atoms with E-state index in [0.29, 0.717) is 0 Å². The van der Waals surface area contributed by atoms with E-state index >= 15 is 0 Å². The van der Waals surface area contributed by atoms with Gasteiger partial charge in [-0.15, -0.1) is 0 Å². The molecule has 1 nitrogen and oxygen atoms in total. The molecule has 0 bridgehead atoms. The van der Waals surface area contributed by atoms with Gasteiger partial charge in [-0.3, -0.25) is 0 Å². The lowest BCUT2D eigenvalue weighted by Gasteiger charge is -2.05. The Morgan fingerprint density at radius 3 is 2.31 bits per heavy atom. The zero-order chi connectivity index (χ0) is 9.84. The van der Waals surface area contributed by atoms with Crippen molar-refractivity contribution in [3.05, 3.63) is 28.8 Å². The Kier molecular flexibility index (Phi) is 3.35. The number of nitrogens with two attached hydrogens (primary N) is 1. The van der Waals surface area contributed by atoms with Gasteiger partial charge in [-0.05, 0) is 48.9 Å². The molecule has 0 atom stereocenters. The van der Waals surface area contributed by atoms with Crippen LogP contribution < -0.4 is 5.73 Å². The van der Waals surface area contributed by atoms with Gasteiger partial charge in [0, 0.05) is 5.69 Å². The minimum Gasteiger partial charge on any atom is -0.398 e. The number of hydrogen-bond acceptors (Lipinski definition) is 1. The van der Waals surface area contributed by atoms with Gasteiger partial charge in [0.15, 0.2) is 0 Å². The Labute approximate surface area is 81.0 Å². The molecule has 1 aliphatic carbocycles. The summed E-state index contributed by atoms with van der Waals surface area (Å²) in [5, 5.41) is 0. The summed E-state index contributed by atoms with van der Waals surface area (Å²) in [5.74, 6) is 0. The number of hydrogen-bond donors (Lipinski definition) is 1. The summed E-state index contributed by atoms with van der Waals surface area (Å²) in [7, 11) is 0. The fourth-order valence-electron chi connectivity index (χ4n) is 1.91. The van der Waals surface area contributed by atoms with Crippen LogP contribution in [0.1, 0.15) is 37.0 Å². The summed E-state index contributed by atoms with van der Waals surface area (Å²) < 4.78 is 0. The van der Waals surface area contributed by atoms with Gasteiger partial charge < -0.3 is 5.73 Å². The van der Waals surface area contributed by atoms with Crippen LogP contribution in [0.2, 0.25) is 0 Å². The quantitative estimate of drug-likeness (QED) is 0.605. The van der Waals surface area contributed by atoms with Crippen molar-refractivity contribution in [3.8, 4) is 0 Å². The van der Waals surface area contributed by atoms with E-state index in [1.165, 1.54) is 36.0 Å². The van der Waals surface area contributed by atoms with E-state index in [9.17, 15) is 0 Å². The van der Waals surface area contributed by atoms with E-state index in [-0.39, 0.29) is 0 Å². The Morgan fingerprint density at radius 1 is 1.08 bits per heavy atom. The molecular weight excluding hydrogens is 158 g/mol. The summed E-state index contributed by atoms with van der Waals surface area (Å²) in [6.45, 7) is 6.17. The van der Waals surface area contributed by atoms with Gasteiger partial charge in [-0.25, -0.2) is 0 Å². The van der Waals surface area contributed by atoms with Gasteiger partial charge >= 0.3 is 0 Å². The molecule has 0 saturated carbocycles. The molecule has 0 radical (unpaired) electrons. The van der Waals surface area contributed by atoms with Crippen molar-refractivity contribution >= 4 is 5.69 Å². The second-order valence-corrected chi connectivity index (χ2v) is 3.28. The molecule has 13 heavy (non-hydrogen) atoms. The lowest BCUT2D eigenvalue weighted by atomic mass is 10.0. The van der Waals surface area contributed by atoms with Crippen molar-refractivity contribution in [2.24, 2.45) is 0 Å². The first-order valence-electron chi connectivity index (χ1n) is 5.16. The van der Waals surface area contributed by atoms with E-state index in [1.807, 2.05) is 19.9 Å². The first-order valence-corrected chi connectivity index (χ1v) is 5.16. The fourth-order valence-corrected chi connectivity index (χ4v) is 1.91. The third-order valence-electron chi connectivity index (χ3n) is 2.56. The summed E-state index contributed by atoms with van der Waals surface area (Å²) in [6, 6.07) is 4.15. The zero-order valence-corrected chi connectivity index (χ0v) is 8.85. The molecule has 0 unspecified atom stereocenters. The highest BCUT2D eigenvalue weighted by atomic mass is 14.6. The molecular formula is C12H19N. The van der Waals surface area contributed by atoms with Crippen molar-refractivity contribution in [1.29, 1.82) is 0 Å². The second kappa shape index (κ2) is 4.31. The molecule has 1 aromatic carbocycles. The molecule has 0 fully saturated rings. The molecule has 1 heteroatoms. The largest absolute Gasteiger partial charge is 0.398 e. The van der Waals surface area contributed by atoms with Gasteiger partial charge in [0.1, 0.15) is 0 Å².